The zero-order valence-corrected chi connectivity index (χ0v) is 18.3. The van der Waals surface area contributed by atoms with Crippen molar-refractivity contribution in [2.75, 3.05) is 13.1 Å². The van der Waals surface area contributed by atoms with E-state index in [4.69, 9.17) is 9.47 Å². The Hall–Kier alpha value is -3.17. The van der Waals surface area contributed by atoms with Crippen LogP contribution < -0.4 is 4.74 Å². The van der Waals surface area contributed by atoms with E-state index in [1.165, 1.54) is 6.07 Å². The van der Waals surface area contributed by atoms with E-state index in [1.54, 1.807) is 39.5 Å². The van der Waals surface area contributed by atoms with Crippen molar-refractivity contribution in [2.45, 2.75) is 65.2 Å². The number of carbonyl (C=O) groups is 3. The van der Waals surface area contributed by atoms with Crippen LogP contribution in [0.1, 0.15) is 68.2 Å². The molecule has 10 heteroatoms. The number of imide groups is 1. The summed E-state index contributed by atoms with van der Waals surface area (Å²) in [7, 11) is 0. The van der Waals surface area contributed by atoms with Crippen LogP contribution >= 0.6 is 0 Å². The van der Waals surface area contributed by atoms with Gasteiger partial charge in [0.25, 0.3) is 11.8 Å². The van der Waals surface area contributed by atoms with Gasteiger partial charge in [-0.1, -0.05) is 0 Å². The van der Waals surface area contributed by atoms with Crippen molar-refractivity contribution < 1.29 is 28.8 Å². The van der Waals surface area contributed by atoms with Crippen LogP contribution in [0.2, 0.25) is 0 Å². The quantitative estimate of drug-likeness (QED) is 0.406. The Bertz CT molecular complexity index is 928. The molecule has 0 bridgehead atoms. The van der Waals surface area contributed by atoms with Crippen LogP contribution in [0.25, 0.3) is 0 Å². The molecule has 1 saturated heterocycles. The molecule has 3 amide bonds. The maximum Gasteiger partial charge on any atom is 0.410 e. The molecule has 0 radical (unpaired) electrons. The minimum atomic E-state index is -0.627. The van der Waals surface area contributed by atoms with Gasteiger partial charge >= 0.3 is 11.8 Å². The Morgan fingerprint density at radius 2 is 1.68 bits per heavy atom. The van der Waals surface area contributed by atoms with Crippen molar-refractivity contribution in [1.82, 2.24) is 9.80 Å². The number of benzene rings is 1. The van der Waals surface area contributed by atoms with Crippen molar-refractivity contribution in [1.29, 1.82) is 0 Å². The number of fused-ring (bicyclic) bond motifs is 1. The average Bonchev–Trinajstić information content (AvgIpc) is 2.89. The summed E-state index contributed by atoms with van der Waals surface area (Å²) in [5.74, 6) is -1.10. The molecule has 0 unspecified atom stereocenters. The molecule has 31 heavy (non-hydrogen) atoms. The van der Waals surface area contributed by atoms with E-state index in [0.29, 0.717) is 25.9 Å². The van der Waals surface area contributed by atoms with Gasteiger partial charge in [0.1, 0.15) is 5.60 Å². The highest BCUT2D eigenvalue weighted by molar-refractivity contribution is 6.22. The van der Waals surface area contributed by atoms with Crippen LogP contribution in [0.3, 0.4) is 0 Å². The van der Waals surface area contributed by atoms with E-state index in [-0.39, 0.29) is 28.7 Å². The van der Waals surface area contributed by atoms with Gasteiger partial charge in [0, 0.05) is 31.3 Å². The molecule has 10 nitrogen and oxygen atoms in total. The van der Waals surface area contributed by atoms with Gasteiger partial charge in [0.2, 0.25) is 0 Å². The highest BCUT2D eigenvalue weighted by Crippen LogP contribution is 2.37. The number of nitro groups is 1. The molecule has 2 aliphatic rings. The molecule has 3 rings (SSSR count). The molecule has 1 aromatic carbocycles. The molecule has 2 heterocycles. The number of carbonyl (C=O) groups excluding carboxylic acids is 3. The van der Waals surface area contributed by atoms with Crippen LogP contribution in [0, 0.1) is 10.1 Å². The second-order valence-electron chi connectivity index (χ2n) is 8.97. The summed E-state index contributed by atoms with van der Waals surface area (Å²) in [4.78, 5) is 51.7. The number of piperidine rings is 1. The number of likely N-dealkylation sites (tertiary alicyclic amines) is 1. The predicted molar refractivity (Wildman–Crippen MR) is 110 cm³/mol. The van der Waals surface area contributed by atoms with Gasteiger partial charge in [-0.25, -0.2) is 4.79 Å². The van der Waals surface area contributed by atoms with Gasteiger partial charge in [-0.15, -0.1) is 0 Å². The molecule has 1 aromatic rings. The fourth-order valence-corrected chi connectivity index (χ4v) is 3.73. The van der Waals surface area contributed by atoms with Crippen molar-refractivity contribution in [2.24, 2.45) is 0 Å². The number of rotatable bonds is 4. The lowest BCUT2D eigenvalue weighted by atomic mass is 10.0. The Balaban J connectivity index is 1.78. The third kappa shape index (κ3) is 4.62. The monoisotopic (exact) mass is 433 g/mol. The smallest absolute Gasteiger partial charge is 0.410 e. The van der Waals surface area contributed by atoms with Crippen LogP contribution in [0.15, 0.2) is 12.1 Å². The van der Waals surface area contributed by atoms with E-state index in [2.05, 4.69) is 0 Å². The lowest BCUT2D eigenvalue weighted by Crippen LogP contribution is -2.49. The molecular weight excluding hydrogens is 406 g/mol. The molecular formula is C21H27N3O7. The van der Waals surface area contributed by atoms with Crippen molar-refractivity contribution in [3.63, 3.8) is 0 Å². The number of hydrogen-bond donors (Lipinski definition) is 0. The van der Waals surface area contributed by atoms with Crippen molar-refractivity contribution in [3.05, 3.63) is 33.4 Å². The molecule has 0 spiro atoms. The SMILES string of the molecule is CC(C)Oc1cc2c(cc1[N+](=O)[O-])C(=O)N(C1CCN(C(=O)OC(C)(C)C)CC1)C2=O. The average molecular weight is 433 g/mol. The van der Waals surface area contributed by atoms with Crippen LogP contribution in [-0.4, -0.2) is 63.5 Å². The Morgan fingerprint density at radius 1 is 1.13 bits per heavy atom. The predicted octanol–water partition coefficient (Wildman–Crippen LogP) is 3.38. The highest BCUT2D eigenvalue weighted by Gasteiger charge is 2.43. The first-order valence-corrected chi connectivity index (χ1v) is 10.2. The second-order valence-corrected chi connectivity index (χ2v) is 8.97. The molecule has 0 saturated carbocycles. The number of hydrogen-bond acceptors (Lipinski definition) is 7. The van der Waals surface area contributed by atoms with E-state index in [1.807, 2.05) is 0 Å². The molecule has 2 aliphatic heterocycles. The van der Waals surface area contributed by atoms with Gasteiger partial charge < -0.3 is 14.4 Å². The summed E-state index contributed by atoms with van der Waals surface area (Å²) in [6.07, 6.45) is 0.0428. The maximum absolute atomic E-state index is 13.0. The summed E-state index contributed by atoms with van der Waals surface area (Å²) in [5, 5.41) is 11.4. The lowest BCUT2D eigenvalue weighted by Gasteiger charge is -2.36. The summed E-state index contributed by atoms with van der Waals surface area (Å²) in [6, 6.07) is 1.99. The Morgan fingerprint density at radius 3 is 2.16 bits per heavy atom. The molecule has 0 N–H and O–H groups in total. The number of nitrogens with zero attached hydrogens (tertiary/aromatic N) is 3. The van der Waals surface area contributed by atoms with Gasteiger partial charge in [0.15, 0.2) is 5.75 Å². The molecule has 1 fully saturated rings. The standard InChI is InChI=1S/C21H27N3O7/c1-12(2)30-17-11-15-14(10-16(17)24(28)29)18(25)23(19(15)26)13-6-8-22(9-7-13)20(27)31-21(3,4)5/h10-13H,6-9H2,1-5H3. The molecule has 0 aromatic heterocycles. The van der Waals surface area contributed by atoms with Crippen molar-refractivity contribution in [3.8, 4) is 5.75 Å². The van der Waals surface area contributed by atoms with E-state index in [0.717, 1.165) is 11.0 Å². The minimum Gasteiger partial charge on any atom is -0.484 e. The highest BCUT2D eigenvalue weighted by atomic mass is 16.6. The van der Waals surface area contributed by atoms with Gasteiger partial charge in [-0.05, 0) is 47.5 Å². The van der Waals surface area contributed by atoms with Crippen LogP contribution in [-0.2, 0) is 4.74 Å². The van der Waals surface area contributed by atoms with Gasteiger partial charge in [-0.3, -0.25) is 24.6 Å². The number of nitro benzene ring substituents is 1. The Kier molecular flexibility index (Phi) is 5.93. The van der Waals surface area contributed by atoms with Gasteiger partial charge in [-0.2, -0.15) is 0 Å². The first kappa shape index (κ1) is 22.5. The fraction of sp³-hybridized carbons (Fsp3) is 0.571. The fourth-order valence-electron chi connectivity index (χ4n) is 3.73. The molecule has 0 atom stereocenters. The second kappa shape index (κ2) is 8.16. The van der Waals surface area contributed by atoms with Crippen molar-refractivity contribution >= 4 is 23.6 Å². The van der Waals surface area contributed by atoms with Crippen LogP contribution in [0.5, 0.6) is 5.75 Å². The number of ether oxygens (including phenoxy) is 2. The molecule has 0 aliphatic carbocycles. The third-order valence-electron chi connectivity index (χ3n) is 5.04. The largest absolute Gasteiger partial charge is 0.484 e. The third-order valence-corrected chi connectivity index (χ3v) is 5.04. The normalized spacial score (nSPS) is 17.2. The summed E-state index contributed by atoms with van der Waals surface area (Å²) in [5.41, 5.74) is -0.862. The first-order valence-electron chi connectivity index (χ1n) is 10.2. The van der Waals surface area contributed by atoms with E-state index in [9.17, 15) is 24.5 Å². The number of amides is 3. The topological polar surface area (TPSA) is 119 Å². The summed E-state index contributed by atoms with van der Waals surface area (Å²) < 4.78 is 10.9. The maximum atomic E-state index is 13.0. The molecule has 168 valence electrons. The van der Waals surface area contributed by atoms with Crippen LogP contribution in [0.4, 0.5) is 10.5 Å². The zero-order valence-electron chi connectivity index (χ0n) is 18.3. The first-order chi connectivity index (χ1) is 14.4. The minimum absolute atomic E-state index is 0.00220. The summed E-state index contributed by atoms with van der Waals surface area (Å²) in [6.45, 7) is 9.47. The zero-order chi connectivity index (χ0) is 23.1. The Labute approximate surface area is 180 Å². The van der Waals surface area contributed by atoms with E-state index >= 15 is 0 Å². The lowest BCUT2D eigenvalue weighted by molar-refractivity contribution is -0.386. The summed E-state index contributed by atoms with van der Waals surface area (Å²) >= 11 is 0. The van der Waals surface area contributed by atoms with Gasteiger partial charge in [0.05, 0.1) is 22.2 Å². The van der Waals surface area contributed by atoms with E-state index < -0.39 is 34.5 Å².